The summed E-state index contributed by atoms with van der Waals surface area (Å²) in [5.74, 6) is -1.05. The van der Waals surface area contributed by atoms with Crippen LogP contribution in [-0.2, 0) is 0 Å². The zero-order valence-electron chi connectivity index (χ0n) is 10.0. The van der Waals surface area contributed by atoms with Crippen molar-refractivity contribution in [2.24, 2.45) is 0 Å². The van der Waals surface area contributed by atoms with Crippen LogP contribution in [-0.4, -0.2) is 17.1 Å². The highest BCUT2D eigenvalue weighted by atomic mass is 19.4. The Balaban J connectivity index is 2.32. The molecule has 2 aromatic rings. The molecule has 20 heavy (non-hydrogen) atoms. The molecule has 0 atom stereocenters. The molecule has 0 amide bonds. The molecule has 0 aliphatic heterocycles. The van der Waals surface area contributed by atoms with Crippen molar-refractivity contribution in [2.75, 3.05) is 5.73 Å². The first kappa shape index (κ1) is 13.9. The van der Waals surface area contributed by atoms with Crippen molar-refractivity contribution in [1.29, 1.82) is 0 Å². The fraction of sp³-hybridized carbons (Fsp3) is 0.0769. The van der Waals surface area contributed by atoms with Crippen LogP contribution in [0.2, 0.25) is 0 Å². The molecule has 0 unspecified atom stereocenters. The largest absolute Gasteiger partial charge is 0.573 e. The predicted octanol–water partition coefficient (Wildman–Crippen LogP) is 2.79. The maximum Gasteiger partial charge on any atom is 0.573 e. The Bertz CT molecular complexity index is 642. The Morgan fingerprint density at radius 2 is 1.95 bits per heavy atom. The highest BCUT2D eigenvalue weighted by Gasteiger charge is 2.31. The van der Waals surface area contributed by atoms with Crippen molar-refractivity contribution in [1.82, 2.24) is 4.98 Å². The number of nitrogens with two attached hydrogens (primary N) is 1. The third kappa shape index (κ3) is 3.25. The van der Waals surface area contributed by atoms with Crippen LogP contribution < -0.4 is 10.5 Å². The van der Waals surface area contributed by atoms with Gasteiger partial charge in [0.25, 0.3) is 0 Å². The van der Waals surface area contributed by atoms with E-state index in [0.717, 1.165) is 12.1 Å². The number of nitrogens with zero attached hydrogens (tertiary/aromatic N) is 1. The summed E-state index contributed by atoms with van der Waals surface area (Å²) in [6, 6.07) is 7.77. The van der Waals surface area contributed by atoms with Crippen molar-refractivity contribution in [3.05, 3.63) is 53.9 Å². The van der Waals surface area contributed by atoms with Crippen LogP contribution in [0.25, 0.3) is 0 Å². The van der Waals surface area contributed by atoms with E-state index < -0.39 is 17.9 Å². The van der Waals surface area contributed by atoms with Crippen LogP contribution in [0.1, 0.15) is 16.1 Å². The van der Waals surface area contributed by atoms with E-state index in [0.29, 0.717) is 0 Å². The lowest BCUT2D eigenvalue weighted by atomic mass is 10.1. The van der Waals surface area contributed by atoms with Gasteiger partial charge in [0.05, 0.1) is 5.69 Å². The molecule has 1 aromatic carbocycles. The van der Waals surface area contributed by atoms with Crippen LogP contribution in [0, 0.1) is 0 Å². The van der Waals surface area contributed by atoms with E-state index in [9.17, 15) is 18.0 Å². The topological polar surface area (TPSA) is 65.2 Å². The maximum absolute atomic E-state index is 12.1. The van der Waals surface area contributed by atoms with Crippen molar-refractivity contribution < 1.29 is 22.7 Å². The van der Waals surface area contributed by atoms with Crippen molar-refractivity contribution in [2.45, 2.75) is 6.36 Å². The molecule has 1 heterocycles. The van der Waals surface area contributed by atoms with Crippen LogP contribution in [0.15, 0.2) is 42.6 Å². The fourth-order valence-corrected chi connectivity index (χ4v) is 1.58. The van der Waals surface area contributed by atoms with Crippen LogP contribution in [0.3, 0.4) is 0 Å². The van der Waals surface area contributed by atoms with Gasteiger partial charge in [0.2, 0.25) is 5.78 Å². The Hall–Kier alpha value is -2.57. The average molecular weight is 282 g/mol. The molecular formula is C13H9F3N2O2. The summed E-state index contributed by atoms with van der Waals surface area (Å²) < 4.78 is 40.1. The summed E-state index contributed by atoms with van der Waals surface area (Å²) in [4.78, 5) is 15.9. The SMILES string of the molecule is Nc1cccnc1C(=O)c1cccc(OC(F)(F)F)c1. The van der Waals surface area contributed by atoms with Crippen LogP contribution in [0.4, 0.5) is 18.9 Å². The van der Waals surface area contributed by atoms with Gasteiger partial charge in [-0.15, -0.1) is 13.2 Å². The maximum atomic E-state index is 12.1. The molecule has 0 aliphatic rings. The summed E-state index contributed by atoms with van der Waals surface area (Å²) in [6.45, 7) is 0. The van der Waals surface area contributed by atoms with Gasteiger partial charge >= 0.3 is 6.36 Å². The van der Waals surface area contributed by atoms with Crippen molar-refractivity contribution in [3.8, 4) is 5.75 Å². The van der Waals surface area contributed by atoms with Crippen LogP contribution >= 0.6 is 0 Å². The van der Waals surface area contributed by atoms with E-state index in [4.69, 9.17) is 5.73 Å². The van der Waals surface area contributed by atoms with Gasteiger partial charge in [0, 0.05) is 11.8 Å². The van der Waals surface area contributed by atoms with Gasteiger partial charge in [-0.1, -0.05) is 12.1 Å². The number of halogens is 3. The number of aromatic nitrogens is 1. The number of carbonyl (C=O) groups is 1. The smallest absolute Gasteiger partial charge is 0.406 e. The third-order valence-corrected chi connectivity index (χ3v) is 2.38. The van der Waals surface area contributed by atoms with Gasteiger partial charge in [-0.25, -0.2) is 0 Å². The minimum atomic E-state index is -4.81. The molecule has 2 N–H and O–H groups in total. The van der Waals surface area contributed by atoms with E-state index in [1.807, 2.05) is 0 Å². The number of rotatable bonds is 3. The lowest BCUT2D eigenvalue weighted by Gasteiger charge is -2.10. The minimum absolute atomic E-state index is 0.0112. The Labute approximate surface area is 112 Å². The number of nitrogen functional groups attached to an aromatic ring is 1. The standard InChI is InChI=1S/C13H9F3N2O2/c14-13(15,16)20-9-4-1-3-8(7-9)12(19)11-10(17)5-2-6-18-11/h1-7H,17H2. The highest BCUT2D eigenvalue weighted by molar-refractivity contribution is 6.10. The molecule has 0 saturated carbocycles. The number of benzene rings is 1. The minimum Gasteiger partial charge on any atom is -0.406 e. The van der Waals surface area contributed by atoms with E-state index in [1.54, 1.807) is 6.07 Å². The van der Waals surface area contributed by atoms with E-state index in [2.05, 4.69) is 9.72 Å². The highest BCUT2D eigenvalue weighted by Crippen LogP contribution is 2.24. The van der Waals surface area contributed by atoms with Crippen molar-refractivity contribution in [3.63, 3.8) is 0 Å². The van der Waals surface area contributed by atoms with Gasteiger partial charge in [-0.05, 0) is 24.3 Å². The summed E-state index contributed by atoms with van der Waals surface area (Å²) in [5.41, 5.74) is 5.75. The van der Waals surface area contributed by atoms with E-state index >= 15 is 0 Å². The van der Waals surface area contributed by atoms with Gasteiger partial charge in [0.15, 0.2) is 0 Å². The molecule has 0 radical (unpaired) electrons. The third-order valence-electron chi connectivity index (χ3n) is 2.38. The molecule has 7 heteroatoms. The predicted molar refractivity (Wildman–Crippen MR) is 65.2 cm³/mol. The summed E-state index contributed by atoms with van der Waals surface area (Å²) in [5, 5.41) is 0. The number of pyridine rings is 1. The first-order valence-corrected chi connectivity index (χ1v) is 5.48. The van der Waals surface area contributed by atoms with Gasteiger partial charge in [0.1, 0.15) is 11.4 Å². The lowest BCUT2D eigenvalue weighted by molar-refractivity contribution is -0.274. The van der Waals surface area contributed by atoms with E-state index in [-0.39, 0.29) is 16.9 Å². The summed E-state index contributed by atoms with van der Waals surface area (Å²) in [7, 11) is 0. The molecule has 0 aliphatic carbocycles. The zero-order valence-corrected chi connectivity index (χ0v) is 10.0. The molecule has 0 fully saturated rings. The first-order chi connectivity index (χ1) is 9.37. The number of hydrogen-bond donors (Lipinski definition) is 1. The Kier molecular flexibility index (Phi) is 3.60. The molecule has 0 saturated heterocycles. The average Bonchev–Trinajstić information content (AvgIpc) is 2.37. The fourth-order valence-electron chi connectivity index (χ4n) is 1.58. The number of anilines is 1. The monoisotopic (exact) mass is 282 g/mol. The second kappa shape index (κ2) is 5.20. The van der Waals surface area contributed by atoms with Crippen molar-refractivity contribution >= 4 is 11.5 Å². The second-order valence-electron chi connectivity index (χ2n) is 3.85. The summed E-state index contributed by atoms with van der Waals surface area (Å²) >= 11 is 0. The molecule has 4 nitrogen and oxygen atoms in total. The Morgan fingerprint density at radius 1 is 1.20 bits per heavy atom. The molecule has 1 aromatic heterocycles. The number of ether oxygens (including phenoxy) is 1. The first-order valence-electron chi connectivity index (χ1n) is 5.48. The zero-order chi connectivity index (χ0) is 14.8. The van der Waals surface area contributed by atoms with Gasteiger partial charge in [-0.2, -0.15) is 0 Å². The molecule has 0 bridgehead atoms. The number of alkyl halides is 3. The normalized spacial score (nSPS) is 11.2. The molecule has 0 spiro atoms. The van der Waals surface area contributed by atoms with Crippen LogP contribution in [0.5, 0.6) is 5.75 Å². The number of carbonyl (C=O) groups excluding carboxylic acids is 1. The quantitative estimate of drug-likeness (QED) is 0.879. The lowest BCUT2D eigenvalue weighted by Crippen LogP contribution is -2.17. The van der Waals surface area contributed by atoms with Gasteiger partial charge < -0.3 is 10.5 Å². The van der Waals surface area contributed by atoms with E-state index in [1.165, 1.54) is 24.4 Å². The second-order valence-corrected chi connectivity index (χ2v) is 3.85. The molecule has 2 rings (SSSR count). The Morgan fingerprint density at radius 3 is 2.60 bits per heavy atom. The molecule has 104 valence electrons. The molecular weight excluding hydrogens is 273 g/mol. The van der Waals surface area contributed by atoms with Gasteiger partial charge in [-0.3, -0.25) is 9.78 Å². The summed E-state index contributed by atoms with van der Waals surface area (Å²) in [6.07, 6.45) is -3.44. The number of ketones is 1. The number of hydrogen-bond acceptors (Lipinski definition) is 4.